The van der Waals surface area contributed by atoms with Crippen molar-refractivity contribution in [3.63, 3.8) is 0 Å². The molecule has 0 aliphatic heterocycles. The molecule has 3 heteroatoms. The third-order valence-electron chi connectivity index (χ3n) is 3.03. The summed E-state index contributed by atoms with van der Waals surface area (Å²) in [6.45, 7) is -0.0345. The van der Waals surface area contributed by atoms with E-state index in [-0.39, 0.29) is 12.5 Å². The number of aliphatic hydroxyl groups is 1. The van der Waals surface area contributed by atoms with Gasteiger partial charge in [-0.05, 0) is 37.2 Å². The van der Waals surface area contributed by atoms with Gasteiger partial charge in [-0.3, -0.25) is 0 Å². The quantitative estimate of drug-likeness (QED) is 0.722. The Labute approximate surface area is 91.4 Å². The summed E-state index contributed by atoms with van der Waals surface area (Å²) in [6, 6.07) is 2.14. The first-order chi connectivity index (χ1) is 7.31. The second-order valence-corrected chi connectivity index (χ2v) is 4.12. The first-order valence-electron chi connectivity index (χ1n) is 5.54. The summed E-state index contributed by atoms with van der Waals surface area (Å²) in [4.78, 5) is 0. The fourth-order valence-corrected chi connectivity index (χ4v) is 2.20. The van der Waals surface area contributed by atoms with Crippen LogP contribution in [0.5, 0.6) is 0 Å². The normalized spacial score (nSPS) is 25.9. The molecule has 0 aromatic heterocycles. The number of nitrogens with zero attached hydrogens (tertiary/aromatic N) is 1. The van der Waals surface area contributed by atoms with Crippen LogP contribution in [0.3, 0.4) is 0 Å². The van der Waals surface area contributed by atoms with E-state index in [1.807, 2.05) is 6.26 Å². The number of rotatable bonds is 4. The van der Waals surface area contributed by atoms with E-state index in [1.165, 1.54) is 18.4 Å². The largest absolute Gasteiger partial charge is 0.504 e. The lowest BCUT2D eigenvalue weighted by Gasteiger charge is -2.26. The van der Waals surface area contributed by atoms with Crippen molar-refractivity contribution in [3.8, 4) is 6.07 Å². The Morgan fingerprint density at radius 2 is 2.47 bits per heavy atom. The van der Waals surface area contributed by atoms with Crippen LogP contribution in [0.2, 0.25) is 0 Å². The molecule has 0 heterocycles. The SMILES string of the molecule is CO/C=C1/CCCCC1CC(C#N)CO. The summed E-state index contributed by atoms with van der Waals surface area (Å²) in [6.07, 6.45) is 7.20. The van der Waals surface area contributed by atoms with Crippen LogP contribution in [-0.2, 0) is 4.74 Å². The molecule has 2 unspecified atom stereocenters. The van der Waals surface area contributed by atoms with Gasteiger partial charge in [-0.2, -0.15) is 5.26 Å². The van der Waals surface area contributed by atoms with Gasteiger partial charge in [0, 0.05) is 0 Å². The molecule has 1 rings (SSSR count). The molecule has 1 N–H and O–H groups in total. The molecule has 3 nitrogen and oxygen atoms in total. The predicted molar refractivity (Wildman–Crippen MR) is 57.9 cm³/mol. The average molecular weight is 209 g/mol. The molecular weight excluding hydrogens is 190 g/mol. The number of hydrogen-bond acceptors (Lipinski definition) is 3. The highest BCUT2D eigenvalue weighted by atomic mass is 16.5. The van der Waals surface area contributed by atoms with Crippen LogP contribution in [0, 0.1) is 23.2 Å². The lowest BCUT2D eigenvalue weighted by molar-refractivity contribution is 0.228. The molecule has 2 atom stereocenters. The van der Waals surface area contributed by atoms with Crippen LogP contribution in [0.4, 0.5) is 0 Å². The van der Waals surface area contributed by atoms with Crippen molar-refractivity contribution in [3.05, 3.63) is 11.8 Å². The van der Waals surface area contributed by atoms with E-state index >= 15 is 0 Å². The van der Waals surface area contributed by atoms with Gasteiger partial charge in [-0.1, -0.05) is 6.42 Å². The summed E-state index contributed by atoms with van der Waals surface area (Å²) < 4.78 is 5.05. The van der Waals surface area contributed by atoms with Gasteiger partial charge in [0.1, 0.15) is 0 Å². The minimum absolute atomic E-state index is 0.0345. The molecule has 1 saturated carbocycles. The van der Waals surface area contributed by atoms with Crippen molar-refractivity contribution in [1.29, 1.82) is 5.26 Å². The standard InChI is InChI=1S/C12H19NO2/c1-15-9-12-5-3-2-4-11(12)6-10(7-13)8-14/h9-11,14H,2-6,8H2,1H3/b12-9-. The summed E-state index contributed by atoms with van der Waals surface area (Å²) in [5.41, 5.74) is 1.30. The second kappa shape index (κ2) is 6.47. The summed E-state index contributed by atoms with van der Waals surface area (Å²) in [5, 5.41) is 17.8. The average Bonchev–Trinajstić information content (AvgIpc) is 2.28. The van der Waals surface area contributed by atoms with E-state index < -0.39 is 0 Å². The van der Waals surface area contributed by atoms with Crippen molar-refractivity contribution in [2.75, 3.05) is 13.7 Å². The molecule has 15 heavy (non-hydrogen) atoms. The molecule has 1 fully saturated rings. The fourth-order valence-electron chi connectivity index (χ4n) is 2.20. The minimum Gasteiger partial charge on any atom is -0.504 e. The van der Waals surface area contributed by atoms with E-state index in [9.17, 15) is 0 Å². The zero-order valence-corrected chi connectivity index (χ0v) is 9.28. The molecule has 1 aliphatic rings. The summed E-state index contributed by atoms with van der Waals surface area (Å²) in [5.74, 6) is 0.198. The molecule has 1 aliphatic carbocycles. The van der Waals surface area contributed by atoms with E-state index in [0.29, 0.717) is 5.92 Å². The molecule has 0 aromatic carbocycles. The van der Waals surface area contributed by atoms with Crippen LogP contribution in [0.15, 0.2) is 11.8 Å². The van der Waals surface area contributed by atoms with E-state index in [4.69, 9.17) is 15.1 Å². The molecule has 0 spiro atoms. The van der Waals surface area contributed by atoms with Gasteiger partial charge in [0.2, 0.25) is 0 Å². The molecule has 0 radical (unpaired) electrons. The summed E-state index contributed by atoms with van der Waals surface area (Å²) in [7, 11) is 1.66. The first-order valence-corrected chi connectivity index (χ1v) is 5.54. The van der Waals surface area contributed by atoms with Gasteiger partial charge in [-0.15, -0.1) is 0 Å². The number of ether oxygens (including phenoxy) is 1. The zero-order valence-electron chi connectivity index (χ0n) is 9.28. The highest BCUT2D eigenvalue weighted by Gasteiger charge is 2.22. The summed E-state index contributed by atoms with van der Waals surface area (Å²) >= 11 is 0. The van der Waals surface area contributed by atoms with Crippen LogP contribution in [-0.4, -0.2) is 18.8 Å². The smallest absolute Gasteiger partial charge is 0.0819 e. The highest BCUT2D eigenvalue weighted by molar-refractivity contribution is 5.07. The Hall–Kier alpha value is -1.01. The number of aliphatic hydroxyl groups excluding tert-OH is 1. The first kappa shape index (κ1) is 12.1. The topological polar surface area (TPSA) is 53.2 Å². The van der Waals surface area contributed by atoms with E-state index in [1.54, 1.807) is 7.11 Å². The maximum atomic E-state index is 9.00. The molecule has 84 valence electrons. The maximum Gasteiger partial charge on any atom is 0.0819 e. The molecular formula is C12H19NO2. The molecule has 0 amide bonds. The van der Waals surface area contributed by atoms with Gasteiger partial charge >= 0.3 is 0 Å². The van der Waals surface area contributed by atoms with Crippen LogP contribution < -0.4 is 0 Å². The zero-order chi connectivity index (χ0) is 11.1. The fraction of sp³-hybridized carbons (Fsp3) is 0.750. The van der Waals surface area contributed by atoms with Crippen molar-refractivity contribution in [2.45, 2.75) is 32.1 Å². The Balaban J connectivity index is 2.57. The van der Waals surface area contributed by atoms with Gasteiger partial charge in [0.15, 0.2) is 0 Å². The van der Waals surface area contributed by atoms with Crippen molar-refractivity contribution in [2.24, 2.45) is 11.8 Å². The van der Waals surface area contributed by atoms with E-state index in [0.717, 1.165) is 19.3 Å². The maximum absolute atomic E-state index is 9.00. The monoisotopic (exact) mass is 209 g/mol. The number of nitriles is 1. The molecule has 0 saturated heterocycles. The number of methoxy groups -OCH3 is 1. The Kier molecular flexibility index (Phi) is 5.20. The number of allylic oxidation sites excluding steroid dienone is 1. The second-order valence-electron chi connectivity index (χ2n) is 4.12. The third-order valence-corrected chi connectivity index (χ3v) is 3.03. The third kappa shape index (κ3) is 3.56. The van der Waals surface area contributed by atoms with Crippen molar-refractivity contribution in [1.82, 2.24) is 0 Å². The lowest BCUT2D eigenvalue weighted by atomic mass is 9.80. The predicted octanol–water partition coefficient (Wildman–Crippen LogP) is 2.23. The van der Waals surface area contributed by atoms with Gasteiger partial charge in [0.05, 0.1) is 32.0 Å². The molecule has 0 aromatic rings. The Bertz CT molecular complexity index is 255. The lowest BCUT2D eigenvalue weighted by Crippen LogP contribution is -2.16. The number of hydrogen-bond donors (Lipinski definition) is 1. The Morgan fingerprint density at radius 1 is 1.67 bits per heavy atom. The van der Waals surface area contributed by atoms with E-state index in [2.05, 4.69) is 6.07 Å². The van der Waals surface area contributed by atoms with Crippen molar-refractivity contribution < 1.29 is 9.84 Å². The van der Waals surface area contributed by atoms with Crippen LogP contribution in [0.1, 0.15) is 32.1 Å². The molecule has 0 bridgehead atoms. The highest BCUT2D eigenvalue weighted by Crippen LogP contribution is 2.33. The minimum atomic E-state index is -0.228. The Morgan fingerprint density at radius 3 is 3.07 bits per heavy atom. The van der Waals surface area contributed by atoms with Gasteiger partial charge in [0.25, 0.3) is 0 Å². The van der Waals surface area contributed by atoms with Gasteiger partial charge < -0.3 is 9.84 Å². The van der Waals surface area contributed by atoms with Crippen LogP contribution in [0.25, 0.3) is 0 Å². The van der Waals surface area contributed by atoms with Crippen molar-refractivity contribution >= 4 is 0 Å². The van der Waals surface area contributed by atoms with Gasteiger partial charge in [-0.25, -0.2) is 0 Å². The van der Waals surface area contributed by atoms with Crippen LogP contribution >= 0.6 is 0 Å².